The lowest BCUT2D eigenvalue weighted by Crippen LogP contribution is -2.47. The zero-order chi connectivity index (χ0) is 16.8. The summed E-state index contributed by atoms with van der Waals surface area (Å²) < 4.78 is 5.08. The first kappa shape index (κ1) is 18.0. The molecule has 0 aromatic heterocycles. The van der Waals surface area contributed by atoms with Crippen LogP contribution in [0.25, 0.3) is 0 Å². The molecule has 0 saturated carbocycles. The number of ether oxygens (including phenoxy) is 1. The number of aryl methyl sites for hydroxylation is 1. The number of carbonyl (C=O) groups is 1. The van der Waals surface area contributed by atoms with Crippen LogP contribution in [0.1, 0.15) is 31.9 Å². The number of aliphatic hydroxyl groups is 2. The molecule has 1 rings (SSSR count). The minimum absolute atomic E-state index is 0.441. The lowest BCUT2D eigenvalue weighted by molar-refractivity contribution is 0.0413. The summed E-state index contributed by atoms with van der Waals surface area (Å²) in [6.45, 7) is 6.72. The van der Waals surface area contributed by atoms with E-state index in [4.69, 9.17) is 4.74 Å². The molecule has 0 bridgehead atoms. The molecule has 0 aliphatic carbocycles. The van der Waals surface area contributed by atoms with Gasteiger partial charge in [0.2, 0.25) is 0 Å². The Kier molecular flexibility index (Phi) is 6.41. The number of alkyl carbamates (subject to hydrolysis) is 1. The first-order valence-electron chi connectivity index (χ1n) is 7.08. The number of amides is 1. The van der Waals surface area contributed by atoms with Gasteiger partial charge in [0.1, 0.15) is 11.7 Å². The largest absolute Gasteiger partial charge is 0.444 e. The molecular weight excluding hydrogens is 282 g/mol. The van der Waals surface area contributed by atoms with Gasteiger partial charge in [-0.25, -0.2) is 4.79 Å². The molecule has 3 N–H and O–H groups in total. The van der Waals surface area contributed by atoms with Crippen LogP contribution in [0.3, 0.4) is 0 Å². The van der Waals surface area contributed by atoms with E-state index in [9.17, 15) is 15.0 Å². The van der Waals surface area contributed by atoms with Crippen LogP contribution < -0.4 is 5.32 Å². The van der Waals surface area contributed by atoms with E-state index in [2.05, 4.69) is 17.2 Å². The van der Waals surface area contributed by atoms with Gasteiger partial charge in [0.05, 0.1) is 12.6 Å². The molecule has 2 atom stereocenters. The highest BCUT2D eigenvalue weighted by Gasteiger charge is 2.22. The van der Waals surface area contributed by atoms with E-state index >= 15 is 0 Å². The van der Waals surface area contributed by atoms with Crippen LogP contribution in [-0.2, 0) is 4.74 Å². The Bertz CT molecular complexity index is 549. The van der Waals surface area contributed by atoms with Crippen LogP contribution in [-0.4, -0.2) is 40.7 Å². The highest BCUT2D eigenvalue weighted by molar-refractivity contribution is 5.68. The Morgan fingerprint density at radius 1 is 1.32 bits per heavy atom. The van der Waals surface area contributed by atoms with Crippen molar-refractivity contribution in [1.82, 2.24) is 5.32 Å². The molecule has 0 saturated heterocycles. The molecule has 0 unspecified atom stereocenters. The van der Waals surface area contributed by atoms with Crippen molar-refractivity contribution < 1.29 is 19.7 Å². The molecule has 120 valence electrons. The maximum atomic E-state index is 11.6. The van der Waals surface area contributed by atoms with Crippen LogP contribution >= 0.6 is 0 Å². The lowest BCUT2D eigenvalue weighted by atomic mass is 10.1. The van der Waals surface area contributed by atoms with Gasteiger partial charge in [-0.2, -0.15) is 0 Å². The molecule has 22 heavy (non-hydrogen) atoms. The normalized spacial score (nSPS) is 13.5. The van der Waals surface area contributed by atoms with Crippen molar-refractivity contribution in [3.8, 4) is 11.8 Å². The standard InChI is InChI=1S/C17H23NO4/c1-12-5-7-13(8-6-12)9-10-15(20)14(11-19)18-16(21)22-17(2,3)4/h5-8,14-15,19-20H,11H2,1-4H3,(H,18,21)/t14-,15+/m0/s1. The Labute approximate surface area is 131 Å². The quantitative estimate of drug-likeness (QED) is 0.741. The van der Waals surface area contributed by atoms with E-state index < -0.39 is 30.4 Å². The maximum Gasteiger partial charge on any atom is 0.408 e. The summed E-state index contributed by atoms with van der Waals surface area (Å²) >= 11 is 0. The predicted molar refractivity (Wildman–Crippen MR) is 84.3 cm³/mol. The fourth-order valence-corrected chi connectivity index (χ4v) is 1.58. The third-order valence-corrected chi connectivity index (χ3v) is 2.70. The van der Waals surface area contributed by atoms with Crippen LogP contribution in [0.5, 0.6) is 0 Å². The molecule has 0 fully saturated rings. The van der Waals surface area contributed by atoms with Crippen LogP contribution in [0.2, 0.25) is 0 Å². The van der Waals surface area contributed by atoms with Crippen LogP contribution in [0.4, 0.5) is 4.79 Å². The summed E-state index contributed by atoms with van der Waals surface area (Å²) in [4.78, 5) is 11.6. The Hall–Kier alpha value is -2.03. The molecule has 1 aromatic carbocycles. The van der Waals surface area contributed by atoms with Gasteiger partial charge in [-0.05, 0) is 39.8 Å². The predicted octanol–water partition coefficient (Wildman–Crippen LogP) is 1.59. The van der Waals surface area contributed by atoms with E-state index in [-0.39, 0.29) is 0 Å². The molecule has 1 amide bonds. The first-order chi connectivity index (χ1) is 10.2. The van der Waals surface area contributed by atoms with E-state index in [1.54, 1.807) is 20.8 Å². The van der Waals surface area contributed by atoms with Gasteiger partial charge < -0.3 is 20.3 Å². The molecule has 1 aromatic rings. The third kappa shape index (κ3) is 6.61. The van der Waals surface area contributed by atoms with Crippen molar-refractivity contribution in [2.75, 3.05) is 6.61 Å². The van der Waals surface area contributed by atoms with Gasteiger partial charge >= 0.3 is 6.09 Å². The average molecular weight is 305 g/mol. The second-order valence-corrected chi connectivity index (χ2v) is 6.02. The minimum atomic E-state index is -1.20. The van der Waals surface area contributed by atoms with Crippen molar-refractivity contribution in [2.45, 2.75) is 45.4 Å². The highest BCUT2D eigenvalue weighted by Crippen LogP contribution is 2.07. The van der Waals surface area contributed by atoms with Crippen molar-refractivity contribution in [2.24, 2.45) is 0 Å². The average Bonchev–Trinajstić information content (AvgIpc) is 2.42. The summed E-state index contributed by atoms with van der Waals surface area (Å²) in [6.07, 6.45) is -1.90. The van der Waals surface area contributed by atoms with E-state index in [1.165, 1.54) is 0 Å². The third-order valence-electron chi connectivity index (χ3n) is 2.70. The van der Waals surface area contributed by atoms with Crippen LogP contribution in [0.15, 0.2) is 24.3 Å². The summed E-state index contributed by atoms with van der Waals surface area (Å²) in [5.74, 6) is 5.42. The summed E-state index contributed by atoms with van der Waals surface area (Å²) in [5, 5.41) is 21.7. The Morgan fingerprint density at radius 3 is 2.41 bits per heavy atom. The van der Waals surface area contributed by atoms with Crippen LogP contribution in [0, 0.1) is 18.8 Å². The van der Waals surface area contributed by atoms with Crippen molar-refractivity contribution >= 4 is 6.09 Å². The second kappa shape index (κ2) is 7.83. The second-order valence-electron chi connectivity index (χ2n) is 6.02. The maximum absolute atomic E-state index is 11.6. The molecule has 0 heterocycles. The van der Waals surface area contributed by atoms with Crippen molar-refractivity contribution in [1.29, 1.82) is 0 Å². The number of carbonyl (C=O) groups excluding carboxylic acids is 1. The van der Waals surface area contributed by atoms with Gasteiger partial charge in [-0.15, -0.1) is 0 Å². The van der Waals surface area contributed by atoms with Crippen molar-refractivity contribution in [3.63, 3.8) is 0 Å². The summed E-state index contributed by atoms with van der Waals surface area (Å²) in [5.41, 5.74) is 1.22. The molecule has 5 nitrogen and oxygen atoms in total. The topological polar surface area (TPSA) is 78.8 Å². The zero-order valence-corrected chi connectivity index (χ0v) is 13.4. The zero-order valence-electron chi connectivity index (χ0n) is 13.4. The number of hydrogen-bond acceptors (Lipinski definition) is 4. The smallest absolute Gasteiger partial charge is 0.408 e. The number of aliphatic hydroxyl groups excluding tert-OH is 2. The van der Waals surface area contributed by atoms with E-state index in [0.29, 0.717) is 0 Å². The van der Waals surface area contributed by atoms with Gasteiger partial charge in [0.15, 0.2) is 0 Å². The Morgan fingerprint density at radius 2 is 1.91 bits per heavy atom. The summed E-state index contributed by atoms with van der Waals surface area (Å²) in [6, 6.07) is 6.60. The minimum Gasteiger partial charge on any atom is -0.444 e. The summed E-state index contributed by atoms with van der Waals surface area (Å²) in [7, 11) is 0. The molecular formula is C17H23NO4. The Balaban J connectivity index is 2.67. The number of benzene rings is 1. The molecule has 0 aliphatic heterocycles. The molecule has 0 radical (unpaired) electrons. The van der Waals surface area contributed by atoms with E-state index in [1.807, 2.05) is 31.2 Å². The molecule has 5 heteroatoms. The van der Waals surface area contributed by atoms with Gasteiger partial charge in [0.25, 0.3) is 0 Å². The number of rotatable bonds is 3. The monoisotopic (exact) mass is 305 g/mol. The van der Waals surface area contributed by atoms with Crippen molar-refractivity contribution in [3.05, 3.63) is 35.4 Å². The highest BCUT2D eigenvalue weighted by atomic mass is 16.6. The van der Waals surface area contributed by atoms with Gasteiger partial charge in [-0.3, -0.25) is 0 Å². The first-order valence-corrected chi connectivity index (χ1v) is 7.08. The molecule has 0 aliphatic rings. The number of nitrogens with one attached hydrogen (secondary N) is 1. The lowest BCUT2D eigenvalue weighted by Gasteiger charge is -2.23. The fourth-order valence-electron chi connectivity index (χ4n) is 1.58. The molecule has 0 spiro atoms. The van der Waals surface area contributed by atoms with Gasteiger partial charge in [-0.1, -0.05) is 29.5 Å². The number of hydrogen-bond donors (Lipinski definition) is 3. The van der Waals surface area contributed by atoms with Gasteiger partial charge in [0, 0.05) is 5.56 Å². The SMILES string of the molecule is Cc1ccc(C#C[C@@H](O)[C@H](CO)NC(=O)OC(C)(C)C)cc1. The fraction of sp³-hybridized carbons (Fsp3) is 0.471. The van der Waals surface area contributed by atoms with E-state index in [0.717, 1.165) is 11.1 Å².